The first-order valence-corrected chi connectivity index (χ1v) is 12.5. The minimum Gasteiger partial charge on any atom is -0.390 e. The largest absolute Gasteiger partial charge is 0.433 e. The van der Waals surface area contributed by atoms with E-state index in [4.69, 9.17) is 0 Å². The highest BCUT2D eigenvalue weighted by atomic mass is 32.1. The molecule has 34 heavy (non-hydrogen) atoms. The minimum atomic E-state index is -4.48. The van der Waals surface area contributed by atoms with Crippen LogP contribution in [-0.4, -0.2) is 32.6 Å². The summed E-state index contributed by atoms with van der Waals surface area (Å²) in [5.41, 5.74) is 1.00. The number of nitrogens with zero attached hydrogens (tertiary/aromatic N) is 2. The van der Waals surface area contributed by atoms with Crippen LogP contribution in [0, 0.1) is 17.8 Å². The quantitative estimate of drug-likeness (QED) is 0.545. The molecule has 2 N–H and O–H groups in total. The number of pyridine rings is 2. The van der Waals surface area contributed by atoms with Crippen LogP contribution in [0.2, 0.25) is 0 Å². The molecule has 4 aliphatic rings. The van der Waals surface area contributed by atoms with Crippen molar-refractivity contribution in [3.63, 3.8) is 0 Å². The highest BCUT2D eigenvalue weighted by Crippen LogP contribution is 2.55. The second-order valence-electron chi connectivity index (χ2n) is 10.2. The van der Waals surface area contributed by atoms with Gasteiger partial charge in [0.05, 0.1) is 15.8 Å². The van der Waals surface area contributed by atoms with Gasteiger partial charge in [0.25, 0.3) is 5.91 Å². The zero-order chi connectivity index (χ0) is 23.7. The average molecular weight is 488 g/mol. The first kappa shape index (κ1) is 22.0. The van der Waals surface area contributed by atoms with E-state index in [1.807, 2.05) is 11.4 Å². The van der Waals surface area contributed by atoms with E-state index >= 15 is 0 Å². The molecule has 0 spiro atoms. The smallest absolute Gasteiger partial charge is 0.390 e. The number of nitrogens with one attached hydrogen (secondary N) is 1. The lowest BCUT2D eigenvalue weighted by Gasteiger charge is -2.58. The highest BCUT2D eigenvalue weighted by Gasteiger charge is 2.55. The molecule has 5 nitrogen and oxygen atoms in total. The fourth-order valence-corrected chi connectivity index (χ4v) is 7.48. The molecule has 4 aliphatic carbocycles. The molecule has 3 aromatic heterocycles. The molecule has 4 bridgehead atoms. The Bertz CT molecular complexity index is 1240. The van der Waals surface area contributed by atoms with Crippen LogP contribution < -0.4 is 5.32 Å². The van der Waals surface area contributed by atoms with E-state index in [-0.39, 0.29) is 11.9 Å². The molecule has 0 aromatic carbocycles. The lowest BCUT2D eigenvalue weighted by molar-refractivity contribution is -0.141. The number of hydrogen-bond donors (Lipinski definition) is 2. The Kier molecular flexibility index (Phi) is 5.01. The SMILES string of the molecule is O=C(NC1C2CC3C[C@H]1CC(O)(C3)C2)c1cc(Cc2ccc(C(F)(F)F)nc2)c2sccc2n1. The van der Waals surface area contributed by atoms with E-state index in [0.717, 1.165) is 48.4 Å². The minimum absolute atomic E-state index is 0.0480. The maximum Gasteiger partial charge on any atom is 0.433 e. The normalized spacial score (nSPS) is 30.1. The van der Waals surface area contributed by atoms with Crippen molar-refractivity contribution >= 4 is 27.5 Å². The second-order valence-corrected chi connectivity index (χ2v) is 11.1. The fourth-order valence-electron chi connectivity index (χ4n) is 6.63. The van der Waals surface area contributed by atoms with Gasteiger partial charge in [-0.15, -0.1) is 11.3 Å². The molecule has 5 atom stereocenters. The van der Waals surface area contributed by atoms with E-state index in [1.165, 1.54) is 23.6 Å². The molecule has 178 valence electrons. The van der Waals surface area contributed by atoms with Gasteiger partial charge in [-0.1, -0.05) is 6.07 Å². The molecule has 1 amide bonds. The number of thiophene rings is 1. The third-order valence-electron chi connectivity index (χ3n) is 7.77. The number of carbonyl (C=O) groups excluding carboxylic acids is 1. The van der Waals surface area contributed by atoms with E-state index < -0.39 is 17.5 Å². The Morgan fingerprint density at radius 3 is 2.59 bits per heavy atom. The highest BCUT2D eigenvalue weighted by molar-refractivity contribution is 7.17. The molecule has 4 fully saturated rings. The first-order valence-electron chi connectivity index (χ1n) is 11.6. The number of carbonyl (C=O) groups is 1. The van der Waals surface area contributed by atoms with Gasteiger partial charge in [-0.05, 0) is 84.6 Å². The van der Waals surface area contributed by atoms with E-state index in [0.29, 0.717) is 40.9 Å². The Balaban J connectivity index is 1.25. The fraction of sp³-hybridized carbons (Fsp3) is 0.480. The predicted molar refractivity (Wildman–Crippen MR) is 121 cm³/mol. The van der Waals surface area contributed by atoms with E-state index in [2.05, 4.69) is 15.3 Å². The van der Waals surface area contributed by atoms with Crippen molar-refractivity contribution in [2.24, 2.45) is 17.8 Å². The summed E-state index contributed by atoms with van der Waals surface area (Å²) in [5.74, 6) is 0.912. The molecule has 7 rings (SSSR count). The second kappa shape index (κ2) is 7.75. The van der Waals surface area contributed by atoms with Crippen LogP contribution >= 0.6 is 11.3 Å². The Labute approximate surface area is 198 Å². The molecule has 3 heterocycles. The number of halogens is 3. The van der Waals surface area contributed by atoms with Crippen LogP contribution in [0.15, 0.2) is 35.8 Å². The first-order chi connectivity index (χ1) is 16.2. The zero-order valence-corrected chi connectivity index (χ0v) is 19.1. The van der Waals surface area contributed by atoms with Gasteiger partial charge in [-0.2, -0.15) is 13.2 Å². The third-order valence-corrected chi connectivity index (χ3v) is 8.75. The van der Waals surface area contributed by atoms with Gasteiger partial charge in [0.2, 0.25) is 0 Å². The molecule has 3 aromatic rings. The summed E-state index contributed by atoms with van der Waals surface area (Å²) in [7, 11) is 0. The zero-order valence-electron chi connectivity index (χ0n) is 18.3. The number of amides is 1. The number of rotatable bonds is 4. The van der Waals surface area contributed by atoms with Gasteiger partial charge in [0.1, 0.15) is 11.4 Å². The van der Waals surface area contributed by atoms with Crippen LogP contribution in [0.4, 0.5) is 13.2 Å². The maximum atomic E-state index is 13.3. The van der Waals surface area contributed by atoms with Crippen molar-refractivity contribution in [1.82, 2.24) is 15.3 Å². The summed E-state index contributed by atoms with van der Waals surface area (Å²) in [4.78, 5) is 21.4. The lowest BCUT2D eigenvalue weighted by atomic mass is 9.52. The Morgan fingerprint density at radius 1 is 1.18 bits per heavy atom. The summed E-state index contributed by atoms with van der Waals surface area (Å²) in [6.45, 7) is 0. The van der Waals surface area contributed by atoms with Crippen molar-refractivity contribution in [2.45, 2.75) is 56.3 Å². The van der Waals surface area contributed by atoms with Crippen LogP contribution in [-0.2, 0) is 12.6 Å². The third kappa shape index (κ3) is 3.88. The molecule has 0 aliphatic heterocycles. The summed E-state index contributed by atoms with van der Waals surface area (Å²) >= 11 is 1.49. The number of aromatic nitrogens is 2. The average Bonchev–Trinajstić information content (AvgIpc) is 3.24. The van der Waals surface area contributed by atoms with Gasteiger partial charge in [0.15, 0.2) is 0 Å². The summed E-state index contributed by atoms with van der Waals surface area (Å²) in [6, 6.07) is 6.05. The number of aliphatic hydroxyl groups is 1. The predicted octanol–water partition coefficient (Wildman–Crippen LogP) is 4.97. The van der Waals surface area contributed by atoms with Crippen molar-refractivity contribution in [1.29, 1.82) is 0 Å². The molecule has 0 radical (unpaired) electrons. The van der Waals surface area contributed by atoms with E-state index in [1.54, 1.807) is 6.07 Å². The number of hydrogen-bond acceptors (Lipinski definition) is 5. The summed E-state index contributed by atoms with van der Waals surface area (Å²) < 4.78 is 39.5. The maximum absolute atomic E-state index is 13.3. The van der Waals surface area contributed by atoms with Crippen molar-refractivity contribution in [3.05, 3.63) is 58.4 Å². The lowest BCUT2D eigenvalue weighted by Crippen LogP contribution is -2.61. The standard InChI is InChI=1S/C25H24F3N3O2S/c26-25(27,28)20-2-1-13(12-29-20)5-15-8-19(30-18-3-4-34-22(15)18)23(32)31-21-16-6-14-7-17(21)11-24(33,9-14)10-16/h1-4,8,12,14,16-17,21,33H,5-7,9-11H2,(H,31,32)/t14?,16-,17?,21?,24?/m0/s1. The van der Waals surface area contributed by atoms with Gasteiger partial charge >= 0.3 is 6.18 Å². The van der Waals surface area contributed by atoms with Crippen molar-refractivity contribution < 1.29 is 23.1 Å². The van der Waals surface area contributed by atoms with Gasteiger partial charge in [-0.25, -0.2) is 4.98 Å². The molecule has 4 saturated carbocycles. The Morgan fingerprint density at radius 2 is 1.94 bits per heavy atom. The molecule has 4 unspecified atom stereocenters. The molecular formula is C25H24F3N3O2S. The molecular weight excluding hydrogens is 463 g/mol. The molecule has 9 heteroatoms. The monoisotopic (exact) mass is 487 g/mol. The van der Waals surface area contributed by atoms with Crippen LogP contribution in [0.5, 0.6) is 0 Å². The van der Waals surface area contributed by atoms with Crippen molar-refractivity contribution in [2.75, 3.05) is 0 Å². The summed E-state index contributed by atoms with van der Waals surface area (Å²) in [6.07, 6.45) is 1.59. The Hall–Kier alpha value is -2.52. The van der Waals surface area contributed by atoms with Gasteiger partial charge in [0, 0.05) is 18.7 Å². The molecule has 0 saturated heterocycles. The number of alkyl halides is 3. The topological polar surface area (TPSA) is 75.1 Å². The van der Waals surface area contributed by atoms with Crippen LogP contribution in [0.25, 0.3) is 10.2 Å². The number of fused-ring (bicyclic) bond motifs is 1. The van der Waals surface area contributed by atoms with E-state index in [9.17, 15) is 23.1 Å². The van der Waals surface area contributed by atoms with Crippen LogP contribution in [0.1, 0.15) is 59.4 Å². The van der Waals surface area contributed by atoms with Gasteiger partial charge in [-0.3, -0.25) is 9.78 Å². The summed E-state index contributed by atoms with van der Waals surface area (Å²) in [5, 5.41) is 15.9. The van der Waals surface area contributed by atoms with Crippen LogP contribution in [0.3, 0.4) is 0 Å². The van der Waals surface area contributed by atoms with Gasteiger partial charge < -0.3 is 10.4 Å². The van der Waals surface area contributed by atoms with Crippen molar-refractivity contribution in [3.8, 4) is 0 Å².